The van der Waals surface area contributed by atoms with Crippen LogP contribution in [0.3, 0.4) is 0 Å². The highest BCUT2D eigenvalue weighted by Gasteiger charge is 2.19. The van der Waals surface area contributed by atoms with Crippen molar-refractivity contribution in [2.24, 2.45) is 0 Å². The van der Waals surface area contributed by atoms with Gasteiger partial charge in [0.1, 0.15) is 0 Å². The number of fused-ring (bicyclic) bond motifs is 1. The summed E-state index contributed by atoms with van der Waals surface area (Å²) in [5.41, 5.74) is 2.91. The highest BCUT2D eigenvalue weighted by molar-refractivity contribution is 5.93. The van der Waals surface area contributed by atoms with E-state index in [-0.39, 0.29) is 12.7 Å². The fraction of sp³-hybridized carbons (Fsp3) is 0.217. The fourth-order valence-electron chi connectivity index (χ4n) is 3.25. The van der Waals surface area contributed by atoms with Crippen molar-refractivity contribution in [3.05, 3.63) is 84.2 Å². The van der Waals surface area contributed by atoms with Gasteiger partial charge in [-0.2, -0.15) is 0 Å². The molecular weight excluding hydrogens is 352 g/mol. The van der Waals surface area contributed by atoms with Gasteiger partial charge >= 0.3 is 0 Å². The van der Waals surface area contributed by atoms with Crippen molar-refractivity contribution in [1.29, 1.82) is 0 Å². The van der Waals surface area contributed by atoms with E-state index in [0.717, 1.165) is 41.3 Å². The molecule has 0 atom stereocenters. The number of ether oxygens (including phenoxy) is 2. The van der Waals surface area contributed by atoms with Crippen molar-refractivity contribution in [3.63, 3.8) is 0 Å². The van der Waals surface area contributed by atoms with Crippen molar-refractivity contribution < 1.29 is 14.3 Å². The van der Waals surface area contributed by atoms with E-state index in [0.29, 0.717) is 13.0 Å². The molecule has 0 saturated heterocycles. The van der Waals surface area contributed by atoms with Crippen LogP contribution in [0, 0.1) is 0 Å². The van der Waals surface area contributed by atoms with Crippen LogP contribution in [-0.2, 0) is 17.8 Å². The number of hydrogen-bond donors (Lipinski definition) is 0. The van der Waals surface area contributed by atoms with Crippen LogP contribution < -0.4 is 14.4 Å². The van der Waals surface area contributed by atoms with Gasteiger partial charge in [-0.15, -0.1) is 0 Å². The Morgan fingerprint density at radius 1 is 0.964 bits per heavy atom. The number of rotatable bonds is 7. The molecule has 142 valence electrons. The van der Waals surface area contributed by atoms with Gasteiger partial charge in [-0.1, -0.05) is 30.3 Å². The van der Waals surface area contributed by atoms with E-state index in [4.69, 9.17) is 9.47 Å². The Hall–Kier alpha value is -3.34. The quantitative estimate of drug-likeness (QED) is 0.616. The van der Waals surface area contributed by atoms with Gasteiger partial charge in [-0.3, -0.25) is 9.78 Å². The average Bonchev–Trinajstić information content (AvgIpc) is 3.21. The fourth-order valence-corrected chi connectivity index (χ4v) is 3.25. The van der Waals surface area contributed by atoms with Crippen LogP contribution in [-0.4, -0.2) is 17.7 Å². The Bertz CT molecular complexity index is 929. The lowest BCUT2D eigenvalue weighted by Gasteiger charge is -2.23. The predicted octanol–water partition coefficient (Wildman–Crippen LogP) is 4.37. The van der Waals surface area contributed by atoms with Crippen LogP contribution in [0.15, 0.2) is 72.9 Å². The summed E-state index contributed by atoms with van der Waals surface area (Å²) in [5.74, 6) is 1.57. The molecule has 0 unspecified atom stereocenters. The Morgan fingerprint density at radius 2 is 1.79 bits per heavy atom. The van der Waals surface area contributed by atoms with E-state index in [1.807, 2.05) is 71.6 Å². The molecule has 0 radical (unpaired) electrons. The first-order valence-corrected chi connectivity index (χ1v) is 9.43. The molecule has 0 saturated carbocycles. The summed E-state index contributed by atoms with van der Waals surface area (Å²) in [6.07, 6.45) is 3.81. The highest BCUT2D eigenvalue weighted by atomic mass is 16.7. The molecule has 5 heteroatoms. The van der Waals surface area contributed by atoms with E-state index in [2.05, 4.69) is 4.98 Å². The molecule has 5 nitrogen and oxygen atoms in total. The minimum absolute atomic E-state index is 0.0970. The number of nitrogens with zero attached hydrogens (tertiary/aromatic N) is 2. The lowest BCUT2D eigenvalue weighted by Crippen LogP contribution is -2.30. The zero-order chi connectivity index (χ0) is 19.2. The SMILES string of the molecule is O=C(CCCc1ccccn1)N(Cc1ccc2c(c1)OCO2)c1ccccc1. The van der Waals surface area contributed by atoms with Crippen LogP contribution in [0.5, 0.6) is 11.5 Å². The van der Waals surface area contributed by atoms with Crippen molar-refractivity contribution in [1.82, 2.24) is 4.98 Å². The summed E-state index contributed by atoms with van der Waals surface area (Å²) in [6.45, 7) is 0.733. The molecule has 2 heterocycles. The Balaban J connectivity index is 1.46. The van der Waals surface area contributed by atoms with Crippen LogP contribution in [0.25, 0.3) is 0 Å². The van der Waals surface area contributed by atoms with Crippen LogP contribution >= 0.6 is 0 Å². The van der Waals surface area contributed by atoms with Gasteiger partial charge in [0, 0.05) is 24.0 Å². The topological polar surface area (TPSA) is 51.7 Å². The molecule has 0 N–H and O–H groups in total. The first-order valence-electron chi connectivity index (χ1n) is 9.43. The van der Waals surface area contributed by atoms with E-state index in [9.17, 15) is 4.79 Å². The Morgan fingerprint density at radius 3 is 2.61 bits per heavy atom. The molecule has 1 aromatic heterocycles. The zero-order valence-electron chi connectivity index (χ0n) is 15.6. The number of amides is 1. The maximum Gasteiger partial charge on any atom is 0.231 e. The number of benzene rings is 2. The van der Waals surface area contributed by atoms with Gasteiger partial charge in [0.25, 0.3) is 0 Å². The second-order valence-electron chi connectivity index (χ2n) is 6.68. The normalized spacial score (nSPS) is 12.0. The van der Waals surface area contributed by atoms with E-state index in [1.165, 1.54) is 0 Å². The minimum atomic E-state index is 0.0970. The Labute approximate surface area is 164 Å². The van der Waals surface area contributed by atoms with E-state index >= 15 is 0 Å². The molecule has 2 aromatic carbocycles. The summed E-state index contributed by atoms with van der Waals surface area (Å²) in [7, 11) is 0. The predicted molar refractivity (Wildman–Crippen MR) is 107 cm³/mol. The van der Waals surface area contributed by atoms with E-state index in [1.54, 1.807) is 6.20 Å². The van der Waals surface area contributed by atoms with Gasteiger partial charge in [-0.05, 0) is 54.8 Å². The molecule has 3 aromatic rings. The number of anilines is 1. The standard InChI is InChI=1S/C23H22N2O3/c26-23(11-6-8-19-7-4-5-14-24-19)25(20-9-2-1-3-10-20)16-18-12-13-21-22(15-18)28-17-27-21/h1-5,7,9-10,12-15H,6,8,11,16-17H2. The number of para-hydroxylation sites is 1. The summed E-state index contributed by atoms with van der Waals surface area (Å²) in [5, 5.41) is 0. The van der Waals surface area contributed by atoms with Gasteiger partial charge in [-0.25, -0.2) is 0 Å². The summed E-state index contributed by atoms with van der Waals surface area (Å²) < 4.78 is 10.8. The van der Waals surface area contributed by atoms with Crippen molar-refractivity contribution >= 4 is 11.6 Å². The molecule has 1 amide bonds. The average molecular weight is 374 g/mol. The molecule has 0 spiro atoms. The molecule has 28 heavy (non-hydrogen) atoms. The minimum Gasteiger partial charge on any atom is -0.454 e. The lowest BCUT2D eigenvalue weighted by molar-refractivity contribution is -0.118. The summed E-state index contributed by atoms with van der Waals surface area (Å²) in [6, 6.07) is 21.5. The lowest BCUT2D eigenvalue weighted by atomic mass is 10.1. The maximum absolute atomic E-state index is 13.0. The molecule has 0 aliphatic carbocycles. The highest BCUT2D eigenvalue weighted by Crippen LogP contribution is 2.33. The van der Waals surface area contributed by atoms with Crippen molar-refractivity contribution in [2.75, 3.05) is 11.7 Å². The van der Waals surface area contributed by atoms with Gasteiger partial charge < -0.3 is 14.4 Å². The van der Waals surface area contributed by atoms with Gasteiger partial charge in [0.15, 0.2) is 11.5 Å². The van der Waals surface area contributed by atoms with Gasteiger partial charge in [0.05, 0.1) is 6.54 Å². The molecule has 0 bridgehead atoms. The maximum atomic E-state index is 13.0. The molecular formula is C23H22N2O3. The van der Waals surface area contributed by atoms with Crippen LogP contribution in [0.1, 0.15) is 24.1 Å². The van der Waals surface area contributed by atoms with Crippen molar-refractivity contribution in [3.8, 4) is 11.5 Å². The monoisotopic (exact) mass is 374 g/mol. The Kier molecular flexibility index (Phi) is 5.52. The zero-order valence-corrected chi connectivity index (χ0v) is 15.6. The third-order valence-electron chi connectivity index (χ3n) is 4.70. The number of carbonyl (C=O) groups is 1. The van der Waals surface area contributed by atoms with Crippen molar-refractivity contribution in [2.45, 2.75) is 25.8 Å². The van der Waals surface area contributed by atoms with Gasteiger partial charge in [0.2, 0.25) is 12.7 Å². The molecule has 1 aliphatic rings. The number of aryl methyl sites for hydroxylation is 1. The summed E-state index contributed by atoms with van der Waals surface area (Å²) in [4.78, 5) is 19.2. The number of hydrogen-bond acceptors (Lipinski definition) is 4. The summed E-state index contributed by atoms with van der Waals surface area (Å²) >= 11 is 0. The molecule has 0 fully saturated rings. The third-order valence-corrected chi connectivity index (χ3v) is 4.70. The second kappa shape index (κ2) is 8.57. The molecule has 1 aliphatic heterocycles. The first-order chi connectivity index (χ1) is 13.8. The first kappa shape index (κ1) is 18.0. The number of carbonyl (C=O) groups excluding carboxylic acids is 1. The third kappa shape index (κ3) is 4.31. The van der Waals surface area contributed by atoms with Crippen LogP contribution in [0.4, 0.5) is 5.69 Å². The number of aromatic nitrogens is 1. The number of pyridine rings is 1. The second-order valence-corrected chi connectivity index (χ2v) is 6.68. The largest absolute Gasteiger partial charge is 0.454 e. The van der Waals surface area contributed by atoms with E-state index < -0.39 is 0 Å². The van der Waals surface area contributed by atoms with Crippen LogP contribution in [0.2, 0.25) is 0 Å². The smallest absolute Gasteiger partial charge is 0.231 e. The molecule has 4 rings (SSSR count).